The highest BCUT2D eigenvalue weighted by Crippen LogP contribution is 2.45. The fourth-order valence-corrected chi connectivity index (χ4v) is 17.4. The van der Waals surface area contributed by atoms with E-state index in [2.05, 4.69) is 59.5 Å². The molecule has 676 valence electrons. The Morgan fingerprint density at radius 3 is 0.932 bits per heavy atom. The van der Waals surface area contributed by atoms with Crippen LogP contribution in [-0.4, -0.2) is 81.5 Å². The molecule has 16 aromatic rings. The Kier molecular flexibility index (Phi) is 27.6. The van der Waals surface area contributed by atoms with Crippen LogP contribution in [0.5, 0.6) is 5.75 Å². The maximum atomic E-state index is 13.5. The highest BCUT2D eigenvalue weighted by molar-refractivity contribution is 6.07. The molecule has 0 saturated heterocycles. The van der Waals surface area contributed by atoms with Gasteiger partial charge in [-0.05, 0) is 283 Å². The summed E-state index contributed by atoms with van der Waals surface area (Å²) in [5.74, 6) is -1.05. The highest BCUT2D eigenvalue weighted by atomic mass is 19.1. The summed E-state index contributed by atoms with van der Waals surface area (Å²) >= 11 is 0. The number of nitrogens with one attached hydrogen (secondary N) is 4. The minimum atomic E-state index is -0.551. The van der Waals surface area contributed by atoms with Gasteiger partial charge in [0, 0.05) is 63.5 Å². The molecule has 29 heteroatoms. The summed E-state index contributed by atoms with van der Waals surface area (Å²) in [7, 11) is 1.28. The smallest absolute Gasteiger partial charge is 0.339 e. The largest absolute Gasteiger partial charge is 0.494 e. The van der Waals surface area contributed by atoms with Gasteiger partial charge in [0.1, 0.15) is 63.4 Å². The summed E-state index contributed by atoms with van der Waals surface area (Å²) in [4.78, 5) is 81.7. The molecule has 8 heterocycles. The van der Waals surface area contributed by atoms with Crippen molar-refractivity contribution >= 4 is 52.3 Å². The molecule has 4 aliphatic carbocycles. The number of furan rings is 4. The van der Waals surface area contributed by atoms with Crippen molar-refractivity contribution in [2.75, 3.05) is 35.0 Å². The van der Waals surface area contributed by atoms with E-state index in [1.54, 1.807) is 159 Å². The predicted octanol–water partition coefficient (Wildman–Crippen LogP) is 25.7. The number of esters is 1. The first-order valence-corrected chi connectivity index (χ1v) is 44.2. The summed E-state index contributed by atoms with van der Waals surface area (Å²) in [6, 6.07) is 64.4. The average molecular weight is 1800 g/mol. The monoisotopic (exact) mass is 1800 g/mol. The number of rotatable bonds is 23. The third-order valence-corrected chi connectivity index (χ3v) is 24.0. The van der Waals surface area contributed by atoms with Gasteiger partial charge in [0.05, 0.1) is 73.1 Å². The third kappa shape index (κ3) is 20.9. The first-order valence-electron chi connectivity index (χ1n) is 44.2. The number of hydrogen-bond acceptors (Lipinski definition) is 15. The molecule has 8 aromatic heterocycles. The zero-order valence-electron chi connectivity index (χ0n) is 72.6. The van der Waals surface area contributed by atoms with Crippen molar-refractivity contribution in [2.24, 2.45) is 0 Å². The number of ether oxygens (including phenoxy) is 2. The fourth-order valence-electron chi connectivity index (χ4n) is 17.4. The zero-order valence-corrected chi connectivity index (χ0v) is 72.6. The Hall–Kier alpha value is -15.6. The number of nitrogens with zero attached hydrogens (tertiary/aromatic N) is 8. The minimum absolute atomic E-state index is 0.0869. The molecular weight excluding hydrogens is 1710 g/mol. The molecule has 0 atom stereocenters. The van der Waals surface area contributed by atoms with E-state index in [4.69, 9.17) is 27.1 Å². The maximum Gasteiger partial charge on any atom is 0.339 e. The summed E-state index contributed by atoms with van der Waals surface area (Å²) in [5, 5.41) is 10.9. The number of para-hydroxylation sites is 1. The predicted molar refractivity (Wildman–Crippen MR) is 491 cm³/mol. The lowest BCUT2D eigenvalue weighted by molar-refractivity contribution is 0.0601. The van der Waals surface area contributed by atoms with E-state index in [0.29, 0.717) is 93.3 Å². The molecule has 0 aliphatic heterocycles. The number of anilines is 4. The zero-order chi connectivity index (χ0) is 92.0. The van der Waals surface area contributed by atoms with E-state index in [9.17, 15) is 50.3 Å². The van der Waals surface area contributed by atoms with Crippen LogP contribution < -0.4 is 26.0 Å². The fraction of sp³-hybridized carbons (Fsp3) is 0.221. The Bertz CT molecular complexity index is 6750. The lowest BCUT2D eigenvalue weighted by Gasteiger charge is -2.15. The first-order chi connectivity index (χ1) is 64.8. The molecule has 4 fully saturated rings. The van der Waals surface area contributed by atoms with Gasteiger partial charge in [-0.3, -0.25) is 19.2 Å². The second kappa shape index (κ2) is 41.0. The second-order valence-electron chi connectivity index (χ2n) is 32.7. The van der Waals surface area contributed by atoms with E-state index in [1.165, 1.54) is 111 Å². The van der Waals surface area contributed by atoms with Crippen LogP contribution in [0, 0.1) is 34.9 Å². The summed E-state index contributed by atoms with van der Waals surface area (Å²) in [5.41, 5.74) is 10.9. The minimum Gasteiger partial charge on any atom is -0.494 e. The Balaban J connectivity index is 0.000000124. The molecule has 4 N–H and O–H groups in total. The highest BCUT2D eigenvalue weighted by Gasteiger charge is 2.33. The van der Waals surface area contributed by atoms with Crippen LogP contribution in [0.1, 0.15) is 186 Å². The molecule has 20 rings (SSSR count). The third-order valence-electron chi connectivity index (χ3n) is 24.0. The van der Waals surface area contributed by atoms with Crippen LogP contribution in [0.4, 0.5) is 49.1 Å². The Morgan fingerprint density at radius 2 is 0.624 bits per heavy atom. The molecule has 0 unspecified atom stereocenters. The van der Waals surface area contributed by atoms with E-state index < -0.39 is 29.5 Å². The van der Waals surface area contributed by atoms with Crippen LogP contribution >= 0.6 is 0 Å². The van der Waals surface area contributed by atoms with E-state index in [0.717, 1.165) is 141 Å². The quantitative estimate of drug-likeness (QED) is 0.0342. The van der Waals surface area contributed by atoms with Crippen LogP contribution in [0.15, 0.2) is 286 Å². The van der Waals surface area contributed by atoms with Gasteiger partial charge in [-0.15, -0.1) is 0 Å². The number of halogens is 6. The van der Waals surface area contributed by atoms with E-state index in [1.807, 2.05) is 25.4 Å². The van der Waals surface area contributed by atoms with Gasteiger partial charge in [0.25, 0.3) is 23.6 Å². The molecule has 4 saturated carbocycles. The Labute approximate surface area is 760 Å². The van der Waals surface area contributed by atoms with Gasteiger partial charge in [0.15, 0.2) is 46.1 Å². The number of imidazole rings is 4. The van der Waals surface area contributed by atoms with E-state index >= 15 is 0 Å². The number of amides is 4. The van der Waals surface area contributed by atoms with Crippen molar-refractivity contribution in [3.05, 3.63) is 331 Å². The SMILES string of the molecule is CCOc1ccc(NC(=O)c2ccc(-c3c(-c4ccc(F)cc4)ncn3C3CCCC3)o2)cc1.COC(=O)c1ccccc1NC(=O)c1ccc(-c2c(-c3ccc(F)cc3)ncn2C2CCCC2)o1.O=C(Nc1ccc(F)cc1)c1ccc(-c2c(-c3ccc(F)cc3)ncn2C2CCCC2)o1.O=C(Nc1cccc(F)c1)c1ccc(-c2c(-c3ccc(F)cc3)ncn2C2CCCC2)o1. The van der Waals surface area contributed by atoms with Crippen LogP contribution in [0.2, 0.25) is 0 Å². The van der Waals surface area contributed by atoms with Gasteiger partial charge < -0.3 is 66.7 Å². The van der Waals surface area contributed by atoms with Crippen LogP contribution in [0.25, 0.3) is 90.8 Å². The molecule has 0 spiro atoms. The molecule has 0 radical (unpaired) electrons. The molecule has 4 aliphatic rings. The number of methoxy groups -OCH3 is 1. The summed E-state index contributed by atoms with van der Waals surface area (Å²) < 4.78 is 123. The molecule has 8 aromatic carbocycles. The molecule has 23 nitrogen and oxygen atoms in total. The summed E-state index contributed by atoms with van der Waals surface area (Å²) in [6.07, 6.45) is 24.8. The Morgan fingerprint density at radius 1 is 0.331 bits per heavy atom. The lowest BCUT2D eigenvalue weighted by Crippen LogP contribution is -2.14. The first kappa shape index (κ1) is 89.4. The number of benzene rings is 8. The van der Waals surface area contributed by atoms with Crippen molar-refractivity contribution in [3.63, 3.8) is 0 Å². The molecule has 133 heavy (non-hydrogen) atoms. The van der Waals surface area contributed by atoms with E-state index in [-0.39, 0.29) is 69.6 Å². The maximum absolute atomic E-state index is 13.5. The summed E-state index contributed by atoms with van der Waals surface area (Å²) in [6.45, 7) is 2.50. The van der Waals surface area contributed by atoms with Crippen molar-refractivity contribution in [3.8, 4) is 96.6 Å². The number of carbonyl (C=O) groups excluding carboxylic acids is 5. The van der Waals surface area contributed by atoms with Crippen LogP contribution in [-0.2, 0) is 4.74 Å². The molecule has 4 amide bonds. The van der Waals surface area contributed by atoms with Gasteiger partial charge in [0.2, 0.25) is 0 Å². The second-order valence-corrected chi connectivity index (χ2v) is 32.7. The van der Waals surface area contributed by atoms with Gasteiger partial charge in [-0.2, -0.15) is 0 Å². The number of carbonyl (C=O) groups is 5. The van der Waals surface area contributed by atoms with Crippen molar-refractivity contribution < 1.29 is 77.5 Å². The van der Waals surface area contributed by atoms with Gasteiger partial charge in [-0.1, -0.05) is 69.6 Å². The van der Waals surface area contributed by atoms with Crippen molar-refractivity contribution in [1.82, 2.24) is 38.2 Å². The number of hydrogen-bond donors (Lipinski definition) is 4. The van der Waals surface area contributed by atoms with Crippen molar-refractivity contribution in [1.29, 1.82) is 0 Å². The average Bonchev–Trinajstić information content (AvgIpc) is 1.64. The molecular formula is C104H92F6N12O11. The number of aromatic nitrogens is 8. The topological polar surface area (TPSA) is 276 Å². The normalized spacial score (nSPS) is 13.9. The van der Waals surface area contributed by atoms with Gasteiger partial charge >= 0.3 is 5.97 Å². The van der Waals surface area contributed by atoms with Crippen LogP contribution in [0.3, 0.4) is 0 Å². The van der Waals surface area contributed by atoms with Gasteiger partial charge in [-0.25, -0.2) is 51.1 Å². The standard InChI is InChI=1S/C27H24FN3O4.C27H26FN3O3.2C25H21F2N3O2/c1-34-27(33)20-8-4-5-9-21(20)30-26(32)23-15-14-22(35-23)25-24(17-10-12-18(28)13-11-17)29-16-31(25)19-6-2-3-7-19;1-2-33-22-13-11-20(12-14-22)30-27(32)24-16-15-23(34-24)26-25(18-7-9-19(28)10-8-18)29-17-31(26)21-5-3-4-6-21;26-17-10-8-16(9-11-17)23-24(30(15-28-23)20-6-1-2-7-20)21-12-13-22(32-21)25(31)29-19-5-3-4-18(27)14-19;26-17-7-5-16(6-8-17)23-24(30(15-28-23)20-3-1-2-4-20)21-13-14-22(32-21)25(31)29-19-11-9-18(27)10-12-19/h4-5,8-16,19H,2-3,6-7H2,1H3,(H,30,32);7-17,21H,2-6H2,1H3,(H,30,32);3-5,8-15,20H,1-2,6-7H2,(H,29,31);5-15,20H,1-4H2,(H,29,31). The lowest BCUT2D eigenvalue weighted by atomic mass is 10.1. The molecule has 0 bridgehead atoms. The van der Waals surface area contributed by atoms with Crippen molar-refractivity contribution in [2.45, 2.75) is 134 Å².